The molecule has 1 amide bonds. The first kappa shape index (κ1) is 16.4. The summed E-state index contributed by atoms with van der Waals surface area (Å²) in [5.41, 5.74) is 5.43. The maximum absolute atomic E-state index is 11.8. The molecule has 0 spiro atoms. The van der Waals surface area contributed by atoms with Crippen LogP contribution in [0.3, 0.4) is 0 Å². The first-order chi connectivity index (χ1) is 9.13. The molecular formula is C14H29N3O2. The maximum Gasteiger partial charge on any atom is 0.223 e. The summed E-state index contributed by atoms with van der Waals surface area (Å²) in [4.78, 5) is 15.7. The van der Waals surface area contributed by atoms with Gasteiger partial charge in [-0.2, -0.15) is 0 Å². The van der Waals surface area contributed by atoms with Crippen LogP contribution in [0.5, 0.6) is 0 Å². The molecule has 0 aromatic carbocycles. The number of likely N-dealkylation sites (N-methyl/N-ethyl adjacent to an activating group) is 1. The van der Waals surface area contributed by atoms with E-state index in [4.69, 9.17) is 10.5 Å². The van der Waals surface area contributed by atoms with Crippen molar-refractivity contribution >= 4 is 5.91 Å². The van der Waals surface area contributed by atoms with Crippen LogP contribution >= 0.6 is 0 Å². The molecule has 19 heavy (non-hydrogen) atoms. The number of carbonyl (C=O) groups is 1. The second kappa shape index (κ2) is 9.28. The van der Waals surface area contributed by atoms with E-state index in [1.165, 1.54) is 12.8 Å². The minimum atomic E-state index is 0.194. The highest BCUT2D eigenvalue weighted by Gasteiger charge is 2.20. The zero-order chi connectivity index (χ0) is 14.1. The van der Waals surface area contributed by atoms with Crippen molar-refractivity contribution < 1.29 is 9.53 Å². The lowest BCUT2D eigenvalue weighted by Gasteiger charge is -2.20. The van der Waals surface area contributed by atoms with E-state index in [9.17, 15) is 4.79 Å². The van der Waals surface area contributed by atoms with Crippen molar-refractivity contribution in [2.24, 2.45) is 11.7 Å². The number of nitrogens with two attached hydrogens (primary N) is 1. The molecule has 0 bridgehead atoms. The normalized spacial score (nSPS) is 14.9. The molecule has 0 unspecified atom stereocenters. The molecule has 112 valence electrons. The number of hydrogen-bond acceptors (Lipinski definition) is 4. The molecule has 0 atom stereocenters. The van der Waals surface area contributed by atoms with E-state index in [2.05, 4.69) is 4.90 Å². The highest BCUT2D eigenvalue weighted by Crippen LogP contribution is 2.28. The average molecular weight is 271 g/mol. The summed E-state index contributed by atoms with van der Waals surface area (Å²) in [6.07, 6.45) is 4.10. The lowest BCUT2D eigenvalue weighted by molar-refractivity contribution is -0.130. The first-order valence-electron chi connectivity index (χ1n) is 7.33. The fourth-order valence-corrected chi connectivity index (χ4v) is 1.80. The maximum atomic E-state index is 11.8. The lowest BCUT2D eigenvalue weighted by Crippen LogP contribution is -2.33. The SMILES string of the molecule is CN(CCOCC1CC1)CCC(=O)N(C)CCCN. The summed E-state index contributed by atoms with van der Waals surface area (Å²) in [6.45, 7) is 4.75. The zero-order valence-corrected chi connectivity index (χ0v) is 12.4. The van der Waals surface area contributed by atoms with Crippen molar-refractivity contribution in [1.29, 1.82) is 0 Å². The zero-order valence-electron chi connectivity index (χ0n) is 12.4. The molecule has 1 aliphatic rings. The Morgan fingerprint density at radius 1 is 1.26 bits per heavy atom. The van der Waals surface area contributed by atoms with Gasteiger partial charge in [0.2, 0.25) is 5.91 Å². The van der Waals surface area contributed by atoms with Crippen LogP contribution < -0.4 is 5.73 Å². The van der Waals surface area contributed by atoms with Crippen LogP contribution in [-0.4, -0.2) is 69.2 Å². The van der Waals surface area contributed by atoms with Gasteiger partial charge in [-0.1, -0.05) is 0 Å². The Bertz CT molecular complexity index is 257. The summed E-state index contributed by atoms with van der Waals surface area (Å²) >= 11 is 0. The van der Waals surface area contributed by atoms with Crippen LogP contribution in [0, 0.1) is 5.92 Å². The molecule has 0 saturated heterocycles. The number of ether oxygens (including phenoxy) is 1. The predicted molar refractivity (Wildman–Crippen MR) is 77.0 cm³/mol. The van der Waals surface area contributed by atoms with Crippen molar-refractivity contribution in [1.82, 2.24) is 9.80 Å². The van der Waals surface area contributed by atoms with Gasteiger partial charge in [0, 0.05) is 39.7 Å². The van der Waals surface area contributed by atoms with Gasteiger partial charge in [0.1, 0.15) is 0 Å². The van der Waals surface area contributed by atoms with E-state index in [0.29, 0.717) is 13.0 Å². The Balaban J connectivity index is 1.97. The Morgan fingerprint density at radius 3 is 2.63 bits per heavy atom. The monoisotopic (exact) mass is 271 g/mol. The van der Waals surface area contributed by atoms with Gasteiger partial charge < -0.3 is 20.3 Å². The van der Waals surface area contributed by atoms with Crippen LogP contribution in [0.4, 0.5) is 0 Å². The summed E-state index contributed by atoms with van der Waals surface area (Å²) in [7, 11) is 3.88. The number of nitrogens with zero attached hydrogens (tertiary/aromatic N) is 2. The molecule has 1 rings (SSSR count). The molecule has 0 heterocycles. The lowest BCUT2D eigenvalue weighted by atomic mass is 10.3. The van der Waals surface area contributed by atoms with Gasteiger partial charge in [-0.05, 0) is 38.8 Å². The highest BCUT2D eigenvalue weighted by atomic mass is 16.5. The van der Waals surface area contributed by atoms with Crippen LogP contribution in [0.25, 0.3) is 0 Å². The molecule has 0 aromatic rings. The van der Waals surface area contributed by atoms with Gasteiger partial charge in [-0.15, -0.1) is 0 Å². The van der Waals surface area contributed by atoms with E-state index in [0.717, 1.165) is 45.2 Å². The van der Waals surface area contributed by atoms with E-state index in [1.807, 2.05) is 14.1 Å². The van der Waals surface area contributed by atoms with Crippen molar-refractivity contribution in [3.8, 4) is 0 Å². The van der Waals surface area contributed by atoms with E-state index >= 15 is 0 Å². The molecule has 0 aliphatic heterocycles. The molecule has 5 nitrogen and oxygen atoms in total. The number of hydrogen-bond donors (Lipinski definition) is 1. The van der Waals surface area contributed by atoms with Crippen molar-refractivity contribution in [2.75, 3.05) is 53.5 Å². The van der Waals surface area contributed by atoms with Crippen molar-refractivity contribution in [3.05, 3.63) is 0 Å². The number of rotatable bonds is 11. The minimum Gasteiger partial charge on any atom is -0.380 e. The molecule has 1 aliphatic carbocycles. The third-order valence-corrected chi connectivity index (χ3v) is 3.50. The van der Waals surface area contributed by atoms with E-state index in [1.54, 1.807) is 4.90 Å². The Morgan fingerprint density at radius 2 is 2.00 bits per heavy atom. The minimum absolute atomic E-state index is 0.194. The van der Waals surface area contributed by atoms with Gasteiger partial charge in [0.15, 0.2) is 0 Å². The molecule has 0 radical (unpaired) electrons. The molecule has 2 N–H and O–H groups in total. The van der Waals surface area contributed by atoms with Crippen molar-refractivity contribution in [2.45, 2.75) is 25.7 Å². The average Bonchev–Trinajstić information content (AvgIpc) is 3.22. The summed E-state index contributed by atoms with van der Waals surface area (Å²) in [5, 5.41) is 0. The van der Waals surface area contributed by atoms with E-state index in [-0.39, 0.29) is 5.91 Å². The van der Waals surface area contributed by atoms with Gasteiger partial charge in [0.05, 0.1) is 6.61 Å². The Kier molecular flexibility index (Phi) is 8.02. The third kappa shape index (κ3) is 8.18. The molecule has 1 saturated carbocycles. The molecular weight excluding hydrogens is 242 g/mol. The second-order valence-corrected chi connectivity index (χ2v) is 5.53. The fourth-order valence-electron chi connectivity index (χ4n) is 1.80. The van der Waals surface area contributed by atoms with Crippen LogP contribution in [0.2, 0.25) is 0 Å². The number of carbonyl (C=O) groups excluding carboxylic acids is 1. The van der Waals surface area contributed by atoms with Gasteiger partial charge in [-0.3, -0.25) is 4.79 Å². The molecule has 1 fully saturated rings. The Hall–Kier alpha value is -0.650. The first-order valence-corrected chi connectivity index (χ1v) is 7.33. The summed E-state index contributed by atoms with van der Waals surface area (Å²) in [5.74, 6) is 1.02. The molecule has 5 heteroatoms. The van der Waals surface area contributed by atoms with Crippen LogP contribution in [-0.2, 0) is 9.53 Å². The van der Waals surface area contributed by atoms with Crippen LogP contribution in [0.1, 0.15) is 25.7 Å². The summed E-state index contributed by atoms with van der Waals surface area (Å²) in [6, 6.07) is 0. The van der Waals surface area contributed by atoms with Crippen molar-refractivity contribution in [3.63, 3.8) is 0 Å². The fraction of sp³-hybridized carbons (Fsp3) is 0.929. The Labute approximate surface area is 117 Å². The predicted octanol–water partition coefficient (Wildman–Crippen LogP) is 0.542. The standard InChI is InChI=1S/C14H29N3O2/c1-16(10-11-19-12-13-4-5-13)9-6-14(18)17(2)8-3-7-15/h13H,3-12,15H2,1-2H3. The van der Waals surface area contributed by atoms with E-state index < -0.39 is 0 Å². The van der Waals surface area contributed by atoms with Gasteiger partial charge >= 0.3 is 0 Å². The smallest absolute Gasteiger partial charge is 0.223 e. The summed E-state index contributed by atoms with van der Waals surface area (Å²) < 4.78 is 5.58. The van der Waals surface area contributed by atoms with Gasteiger partial charge in [0.25, 0.3) is 0 Å². The largest absolute Gasteiger partial charge is 0.380 e. The van der Waals surface area contributed by atoms with Crippen LogP contribution in [0.15, 0.2) is 0 Å². The molecule has 0 aromatic heterocycles. The highest BCUT2D eigenvalue weighted by molar-refractivity contribution is 5.76. The number of amides is 1. The second-order valence-electron chi connectivity index (χ2n) is 5.53. The third-order valence-electron chi connectivity index (χ3n) is 3.50. The topological polar surface area (TPSA) is 58.8 Å². The quantitative estimate of drug-likeness (QED) is 0.557. The van der Waals surface area contributed by atoms with Gasteiger partial charge in [-0.25, -0.2) is 0 Å².